The predicted octanol–water partition coefficient (Wildman–Crippen LogP) is 3.17. The first-order valence-corrected chi connectivity index (χ1v) is 8.96. The summed E-state index contributed by atoms with van der Waals surface area (Å²) in [5.74, 6) is 0.526. The van der Waals surface area contributed by atoms with E-state index in [1.165, 1.54) is 17.5 Å². The minimum Gasteiger partial charge on any atom is -0.341 e. The first kappa shape index (κ1) is 16.8. The molecule has 1 aliphatic heterocycles. The Morgan fingerprint density at radius 1 is 0.958 bits per heavy atom. The molecule has 1 aromatic rings. The van der Waals surface area contributed by atoms with E-state index in [0.29, 0.717) is 19.6 Å². The highest BCUT2D eigenvalue weighted by atomic mass is 16.2. The first-order valence-electron chi connectivity index (χ1n) is 8.96. The summed E-state index contributed by atoms with van der Waals surface area (Å²) >= 11 is 0. The average molecular weight is 329 g/mol. The van der Waals surface area contributed by atoms with Gasteiger partial charge in [0.05, 0.1) is 0 Å². The van der Waals surface area contributed by atoms with Crippen molar-refractivity contribution in [1.29, 1.82) is 0 Å². The van der Waals surface area contributed by atoms with Crippen molar-refractivity contribution >= 4 is 17.6 Å². The fraction of sp³-hybridized carbons (Fsp3) is 0.579. The van der Waals surface area contributed by atoms with Gasteiger partial charge in [-0.1, -0.05) is 12.5 Å². The van der Waals surface area contributed by atoms with Crippen LogP contribution in [0, 0.1) is 19.8 Å². The Morgan fingerprint density at radius 2 is 1.67 bits per heavy atom. The molecule has 2 aliphatic rings. The lowest BCUT2D eigenvalue weighted by molar-refractivity contribution is -0.138. The number of anilines is 1. The van der Waals surface area contributed by atoms with Crippen molar-refractivity contribution in [3.8, 4) is 0 Å². The van der Waals surface area contributed by atoms with Crippen LogP contribution in [0.5, 0.6) is 0 Å². The van der Waals surface area contributed by atoms with Gasteiger partial charge in [-0.25, -0.2) is 4.79 Å². The monoisotopic (exact) mass is 329 g/mol. The zero-order valence-electron chi connectivity index (χ0n) is 14.7. The van der Waals surface area contributed by atoms with E-state index in [1.54, 1.807) is 0 Å². The number of benzene rings is 1. The Bertz CT molecular complexity index is 625. The third-order valence-corrected chi connectivity index (χ3v) is 5.31. The molecule has 0 spiro atoms. The number of rotatable bonds is 2. The van der Waals surface area contributed by atoms with Crippen LogP contribution in [0.4, 0.5) is 10.5 Å². The molecule has 0 radical (unpaired) electrons. The molecule has 3 rings (SSSR count). The lowest BCUT2D eigenvalue weighted by atomic mass is 9.84. The Morgan fingerprint density at radius 3 is 2.33 bits per heavy atom. The number of nitrogens with one attached hydrogen (secondary N) is 1. The molecule has 5 nitrogen and oxygen atoms in total. The van der Waals surface area contributed by atoms with Crippen molar-refractivity contribution in [2.45, 2.75) is 39.5 Å². The highest BCUT2D eigenvalue weighted by molar-refractivity contribution is 5.89. The Kier molecular flexibility index (Phi) is 5.07. The smallest absolute Gasteiger partial charge is 0.321 e. The number of nitrogens with zero attached hydrogens (tertiary/aromatic N) is 2. The van der Waals surface area contributed by atoms with E-state index in [0.717, 1.165) is 31.5 Å². The van der Waals surface area contributed by atoms with Gasteiger partial charge in [-0.15, -0.1) is 0 Å². The van der Waals surface area contributed by atoms with Crippen molar-refractivity contribution < 1.29 is 9.59 Å². The molecule has 3 amide bonds. The van der Waals surface area contributed by atoms with Crippen molar-refractivity contribution in [2.75, 3.05) is 31.5 Å². The van der Waals surface area contributed by atoms with Crippen LogP contribution in [0.2, 0.25) is 0 Å². The van der Waals surface area contributed by atoms with Crippen molar-refractivity contribution in [1.82, 2.24) is 9.80 Å². The second-order valence-corrected chi connectivity index (χ2v) is 7.02. The number of carbonyl (C=O) groups excluding carboxylic acids is 2. The van der Waals surface area contributed by atoms with E-state index < -0.39 is 0 Å². The number of amides is 3. The quantitative estimate of drug-likeness (QED) is 0.906. The van der Waals surface area contributed by atoms with Gasteiger partial charge in [0.25, 0.3) is 0 Å². The molecule has 1 saturated heterocycles. The van der Waals surface area contributed by atoms with Crippen LogP contribution >= 0.6 is 0 Å². The number of aryl methyl sites for hydroxylation is 2. The SMILES string of the molecule is Cc1ccc(NC(=O)N2CCCN(C(=O)C3CCC3)CC2)cc1C. The normalized spacial score (nSPS) is 18.8. The van der Waals surface area contributed by atoms with Gasteiger partial charge in [-0.05, 0) is 56.4 Å². The van der Waals surface area contributed by atoms with Gasteiger partial charge in [0.15, 0.2) is 0 Å². The summed E-state index contributed by atoms with van der Waals surface area (Å²) in [4.78, 5) is 28.7. The molecule has 1 aromatic carbocycles. The van der Waals surface area contributed by atoms with Crippen molar-refractivity contribution in [2.24, 2.45) is 5.92 Å². The minimum absolute atomic E-state index is 0.0730. The molecule has 5 heteroatoms. The zero-order chi connectivity index (χ0) is 17.1. The summed E-state index contributed by atoms with van der Waals surface area (Å²) in [6.45, 7) is 6.82. The van der Waals surface area contributed by atoms with E-state index in [4.69, 9.17) is 0 Å². The molecule has 0 atom stereocenters. The van der Waals surface area contributed by atoms with Gasteiger partial charge in [0, 0.05) is 37.8 Å². The highest BCUT2D eigenvalue weighted by Crippen LogP contribution is 2.28. The molecule has 0 bridgehead atoms. The van der Waals surface area contributed by atoms with Crippen LogP contribution in [-0.4, -0.2) is 47.9 Å². The van der Waals surface area contributed by atoms with Crippen LogP contribution < -0.4 is 5.32 Å². The van der Waals surface area contributed by atoms with Crippen LogP contribution in [0.3, 0.4) is 0 Å². The number of carbonyl (C=O) groups is 2. The van der Waals surface area contributed by atoms with Crippen molar-refractivity contribution in [3.63, 3.8) is 0 Å². The Labute approximate surface area is 144 Å². The lowest BCUT2D eigenvalue weighted by Gasteiger charge is -2.31. The maximum Gasteiger partial charge on any atom is 0.321 e. The van der Waals surface area contributed by atoms with E-state index in [1.807, 2.05) is 34.9 Å². The molecule has 1 saturated carbocycles. The van der Waals surface area contributed by atoms with Gasteiger partial charge in [0.1, 0.15) is 0 Å². The standard InChI is InChI=1S/C19H27N3O2/c1-14-7-8-17(13-15(14)2)20-19(24)22-10-4-9-21(11-12-22)18(23)16-5-3-6-16/h7-8,13,16H,3-6,9-12H2,1-2H3,(H,20,24). The van der Waals surface area contributed by atoms with Crippen molar-refractivity contribution in [3.05, 3.63) is 29.3 Å². The fourth-order valence-corrected chi connectivity index (χ4v) is 3.28. The summed E-state index contributed by atoms with van der Waals surface area (Å²) < 4.78 is 0. The summed E-state index contributed by atoms with van der Waals surface area (Å²) in [6.07, 6.45) is 4.09. The van der Waals surface area contributed by atoms with Crippen LogP contribution in [0.1, 0.15) is 36.8 Å². The van der Waals surface area contributed by atoms with E-state index in [9.17, 15) is 9.59 Å². The summed E-state index contributed by atoms with van der Waals surface area (Å²) in [6, 6.07) is 5.88. The fourth-order valence-electron chi connectivity index (χ4n) is 3.28. The second kappa shape index (κ2) is 7.24. The molecule has 1 heterocycles. The van der Waals surface area contributed by atoms with Crippen LogP contribution in [-0.2, 0) is 4.79 Å². The molecule has 2 fully saturated rings. The molecule has 24 heavy (non-hydrogen) atoms. The lowest BCUT2D eigenvalue weighted by Crippen LogP contribution is -2.42. The zero-order valence-corrected chi connectivity index (χ0v) is 14.7. The number of urea groups is 1. The summed E-state index contributed by atoms with van der Waals surface area (Å²) in [5, 5.41) is 2.98. The van der Waals surface area contributed by atoms with Gasteiger partial charge in [-0.2, -0.15) is 0 Å². The molecule has 1 aliphatic carbocycles. The molecule has 130 valence electrons. The summed E-state index contributed by atoms with van der Waals surface area (Å²) in [7, 11) is 0. The summed E-state index contributed by atoms with van der Waals surface area (Å²) in [5.41, 5.74) is 3.21. The third kappa shape index (κ3) is 3.71. The van der Waals surface area contributed by atoms with Gasteiger partial charge in [0.2, 0.25) is 5.91 Å². The number of hydrogen-bond donors (Lipinski definition) is 1. The second-order valence-electron chi connectivity index (χ2n) is 7.02. The molecule has 0 aromatic heterocycles. The largest absolute Gasteiger partial charge is 0.341 e. The van der Waals surface area contributed by atoms with Gasteiger partial charge < -0.3 is 15.1 Å². The van der Waals surface area contributed by atoms with E-state index >= 15 is 0 Å². The van der Waals surface area contributed by atoms with E-state index in [-0.39, 0.29) is 17.9 Å². The maximum absolute atomic E-state index is 12.5. The van der Waals surface area contributed by atoms with Gasteiger partial charge >= 0.3 is 6.03 Å². The average Bonchev–Trinajstić information content (AvgIpc) is 2.75. The topological polar surface area (TPSA) is 52.7 Å². The van der Waals surface area contributed by atoms with E-state index in [2.05, 4.69) is 12.2 Å². The molecular formula is C19H27N3O2. The molecule has 0 unspecified atom stereocenters. The van der Waals surface area contributed by atoms with Gasteiger partial charge in [-0.3, -0.25) is 4.79 Å². The van der Waals surface area contributed by atoms with Crippen LogP contribution in [0.25, 0.3) is 0 Å². The first-order chi connectivity index (χ1) is 11.5. The van der Waals surface area contributed by atoms with Crippen LogP contribution in [0.15, 0.2) is 18.2 Å². The Balaban J connectivity index is 1.55. The third-order valence-electron chi connectivity index (χ3n) is 5.31. The maximum atomic E-state index is 12.5. The molecule has 1 N–H and O–H groups in total. The minimum atomic E-state index is -0.0730. The Hall–Kier alpha value is -2.04. The number of hydrogen-bond acceptors (Lipinski definition) is 2. The molecular weight excluding hydrogens is 302 g/mol. The predicted molar refractivity (Wildman–Crippen MR) is 95.0 cm³/mol. The highest BCUT2D eigenvalue weighted by Gasteiger charge is 2.30.